The molecule has 0 radical (unpaired) electrons. The third-order valence-electron chi connectivity index (χ3n) is 5.99. The van der Waals surface area contributed by atoms with Crippen molar-refractivity contribution in [2.45, 2.75) is 57.4 Å². The summed E-state index contributed by atoms with van der Waals surface area (Å²) in [6.45, 7) is 1.90. The van der Waals surface area contributed by atoms with E-state index >= 15 is 0 Å². The fourth-order valence-electron chi connectivity index (χ4n) is 4.38. The van der Waals surface area contributed by atoms with Crippen molar-refractivity contribution in [3.63, 3.8) is 0 Å². The topological polar surface area (TPSA) is 75.4 Å². The number of nitrogens with one attached hydrogen (secondary N) is 1. The Hall–Kier alpha value is -1.88. The van der Waals surface area contributed by atoms with Crippen LogP contribution in [0, 0.1) is 5.41 Å². The first kappa shape index (κ1) is 18.9. The number of carbonyl (C=O) groups is 2. The molecule has 1 aliphatic heterocycles. The zero-order valence-electron chi connectivity index (χ0n) is 15.6. The summed E-state index contributed by atoms with van der Waals surface area (Å²) in [5, 5.41) is 3.20. The number of amides is 2. The van der Waals surface area contributed by atoms with Gasteiger partial charge in [0.1, 0.15) is 0 Å². The van der Waals surface area contributed by atoms with E-state index < -0.39 is 0 Å². The van der Waals surface area contributed by atoms with Crippen molar-refractivity contribution < 1.29 is 9.59 Å². The van der Waals surface area contributed by atoms with E-state index in [0.717, 1.165) is 44.2 Å². The third-order valence-corrected chi connectivity index (χ3v) is 5.99. The van der Waals surface area contributed by atoms with Gasteiger partial charge in [-0.25, -0.2) is 0 Å². The van der Waals surface area contributed by atoms with Gasteiger partial charge < -0.3 is 16.0 Å². The van der Waals surface area contributed by atoms with Gasteiger partial charge in [-0.1, -0.05) is 49.6 Å². The van der Waals surface area contributed by atoms with Crippen LogP contribution in [0.4, 0.5) is 0 Å². The minimum absolute atomic E-state index is 0.0486. The maximum atomic E-state index is 12.8. The van der Waals surface area contributed by atoms with Gasteiger partial charge in [0.25, 0.3) is 0 Å². The molecule has 1 atom stereocenters. The molecule has 1 aromatic rings. The molecule has 26 heavy (non-hydrogen) atoms. The van der Waals surface area contributed by atoms with Crippen LogP contribution < -0.4 is 11.1 Å². The summed E-state index contributed by atoms with van der Waals surface area (Å²) < 4.78 is 0. The molecule has 3 N–H and O–H groups in total. The fourth-order valence-corrected chi connectivity index (χ4v) is 4.38. The van der Waals surface area contributed by atoms with E-state index in [1.165, 1.54) is 6.42 Å². The van der Waals surface area contributed by atoms with Crippen molar-refractivity contribution in [3.8, 4) is 0 Å². The SMILES string of the molecule is NCC1(CC(=O)NC(CN2CCCC2=O)c2ccccc2)CCCCC1. The molecular weight excluding hydrogens is 326 g/mol. The molecule has 1 saturated carbocycles. The highest BCUT2D eigenvalue weighted by Crippen LogP contribution is 2.38. The van der Waals surface area contributed by atoms with Gasteiger partial charge >= 0.3 is 0 Å². The molecular formula is C21H31N3O2. The molecule has 142 valence electrons. The molecule has 3 rings (SSSR count). The van der Waals surface area contributed by atoms with Crippen molar-refractivity contribution in [1.29, 1.82) is 0 Å². The molecule has 5 heteroatoms. The lowest BCUT2D eigenvalue weighted by molar-refractivity contribution is -0.129. The van der Waals surface area contributed by atoms with Gasteiger partial charge in [-0.05, 0) is 36.8 Å². The summed E-state index contributed by atoms with van der Waals surface area (Å²) in [5.41, 5.74) is 7.04. The van der Waals surface area contributed by atoms with Crippen LogP contribution >= 0.6 is 0 Å². The molecule has 2 amide bonds. The Morgan fingerprint density at radius 3 is 2.50 bits per heavy atom. The van der Waals surface area contributed by atoms with E-state index in [-0.39, 0.29) is 23.3 Å². The Morgan fingerprint density at radius 2 is 1.88 bits per heavy atom. The summed E-state index contributed by atoms with van der Waals surface area (Å²) in [6, 6.07) is 9.79. The predicted molar refractivity (Wildman–Crippen MR) is 102 cm³/mol. The highest BCUT2D eigenvalue weighted by Gasteiger charge is 2.34. The van der Waals surface area contributed by atoms with Crippen molar-refractivity contribution in [3.05, 3.63) is 35.9 Å². The molecule has 0 bridgehead atoms. The largest absolute Gasteiger partial charge is 0.347 e. The van der Waals surface area contributed by atoms with Crippen LogP contribution in [0.2, 0.25) is 0 Å². The maximum Gasteiger partial charge on any atom is 0.222 e. The number of likely N-dealkylation sites (tertiary alicyclic amines) is 1. The maximum absolute atomic E-state index is 12.8. The number of carbonyl (C=O) groups excluding carboxylic acids is 2. The predicted octanol–water partition coefficient (Wildman–Crippen LogP) is 2.77. The number of benzene rings is 1. The molecule has 0 aromatic heterocycles. The summed E-state index contributed by atoms with van der Waals surface area (Å²) in [7, 11) is 0. The minimum atomic E-state index is -0.163. The lowest BCUT2D eigenvalue weighted by Gasteiger charge is -2.36. The number of nitrogens with zero attached hydrogens (tertiary/aromatic N) is 1. The molecule has 2 fully saturated rings. The number of rotatable bonds is 7. The summed E-state index contributed by atoms with van der Waals surface area (Å²) >= 11 is 0. The van der Waals surface area contributed by atoms with E-state index in [1.807, 2.05) is 35.2 Å². The van der Waals surface area contributed by atoms with Crippen LogP contribution in [0.3, 0.4) is 0 Å². The average Bonchev–Trinajstić information content (AvgIpc) is 3.07. The Balaban J connectivity index is 1.68. The molecule has 1 aromatic carbocycles. The number of hydrogen-bond acceptors (Lipinski definition) is 3. The first-order chi connectivity index (χ1) is 12.6. The summed E-state index contributed by atoms with van der Waals surface area (Å²) in [6.07, 6.45) is 7.66. The van der Waals surface area contributed by atoms with Gasteiger partial charge in [-0.3, -0.25) is 9.59 Å². The van der Waals surface area contributed by atoms with Crippen molar-refractivity contribution in [2.75, 3.05) is 19.6 Å². The zero-order chi connectivity index (χ0) is 18.4. The van der Waals surface area contributed by atoms with E-state index in [0.29, 0.717) is 25.9 Å². The van der Waals surface area contributed by atoms with Gasteiger partial charge in [0, 0.05) is 25.9 Å². The number of nitrogens with two attached hydrogens (primary N) is 1. The molecule has 5 nitrogen and oxygen atoms in total. The van der Waals surface area contributed by atoms with Crippen LogP contribution in [0.25, 0.3) is 0 Å². The van der Waals surface area contributed by atoms with Crippen molar-refractivity contribution >= 4 is 11.8 Å². The first-order valence-corrected chi connectivity index (χ1v) is 9.94. The van der Waals surface area contributed by atoms with E-state index in [4.69, 9.17) is 5.73 Å². The monoisotopic (exact) mass is 357 g/mol. The fraction of sp³-hybridized carbons (Fsp3) is 0.619. The van der Waals surface area contributed by atoms with Crippen LogP contribution in [-0.2, 0) is 9.59 Å². The van der Waals surface area contributed by atoms with Gasteiger partial charge in [0.2, 0.25) is 11.8 Å². The zero-order valence-corrected chi connectivity index (χ0v) is 15.6. The second kappa shape index (κ2) is 8.67. The van der Waals surface area contributed by atoms with E-state index in [1.54, 1.807) is 0 Å². The van der Waals surface area contributed by atoms with Gasteiger partial charge in [0.15, 0.2) is 0 Å². The van der Waals surface area contributed by atoms with Gasteiger partial charge in [-0.15, -0.1) is 0 Å². The average molecular weight is 357 g/mol. The van der Waals surface area contributed by atoms with E-state index in [2.05, 4.69) is 5.32 Å². The number of hydrogen-bond donors (Lipinski definition) is 2. The normalized spacial score (nSPS) is 20.8. The van der Waals surface area contributed by atoms with Crippen molar-refractivity contribution in [2.24, 2.45) is 11.1 Å². The Bertz CT molecular complexity index is 611. The van der Waals surface area contributed by atoms with Gasteiger partial charge in [0.05, 0.1) is 6.04 Å². The third kappa shape index (κ3) is 4.64. The highest BCUT2D eigenvalue weighted by molar-refractivity contribution is 5.79. The summed E-state index contributed by atoms with van der Waals surface area (Å²) in [4.78, 5) is 26.8. The minimum Gasteiger partial charge on any atom is -0.347 e. The van der Waals surface area contributed by atoms with Gasteiger partial charge in [-0.2, -0.15) is 0 Å². The van der Waals surface area contributed by atoms with E-state index in [9.17, 15) is 9.59 Å². The van der Waals surface area contributed by atoms with Crippen LogP contribution in [0.15, 0.2) is 30.3 Å². The van der Waals surface area contributed by atoms with Crippen LogP contribution in [-0.4, -0.2) is 36.3 Å². The Labute approximate surface area is 156 Å². The Kier molecular flexibility index (Phi) is 6.30. The second-order valence-corrected chi connectivity index (χ2v) is 7.92. The van der Waals surface area contributed by atoms with Crippen molar-refractivity contribution in [1.82, 2.24) is 10.2 Å². The smallest absolute Gasteiger partial charge is 0.222 e. The molecule has 1 saturated heterocycles. The molecule has 2 aliphatic rings. The Morgan fingerprint density at radius 1 is 1.15 bits per heavy atom. The molecule has 1 heterocycles. The lowest BCUT2D eigenvalue weighted by atomic mass is 9.71. The first-order valence-electron chi connectivity index (χ1n) is 9.94. The van der Waals surface area contributed by atoms with Crippen LogP contribution in [0.5, 0.6) is 0 Å². The lowest BCUT2D eigenvalue weighted by Crippen LogP contribution is -2.42. The summed E-state index contributed by atoms with van der Waals surface area (Å²) in [5.74, 6) is 0.240. The molecule has 0 spiro atoms. The van der Waals surface area contributed by atoms with Crippen LogP contribution in [0.1, 0.15) is 63.0 Å². The quantitative estimate of drug-likeness (QED) is 0.788. The highest BCUT2D eigenvalue weighted by atomic mass is 16.2. The standard InChI is InChI=1S/C21H31N3O2/c22-16-21(11-5-2-6-12-21)14-19(25)23-18(17-8-3-1-4-9-17)15-24-13-7-10-20(24)26/h1,3-4,8-9,18H,2,5-7,10-16,22H2,(H,23,25). The molecule has 1 aliphatic carbocycles. The molecule has 1 unspecified atom stereocenters. The second-order valence-electron chi connectivity index (χ2n) is 7.92.